The number of likely N-dealkylation sites (N-methyl/N-ethyl adjacent to an activating group) is 1. The number of nitrogens with zero attached hydrogens (tertiary/aromatic N) is 3. The van der Waals surface area contributed by atoms with Gasteiger partial charge in [0.2, 0.25) is 0 Å². The number of aromatic nitrogens is 1. The van der Waals surface area contributed by atoms with Gasteiger partial charge in [-0.2, -0.15) is 5.26 Å². The summed E-state index contributed by atoms with van der Waals surface area (Å²) in [6, 6.07) is 9.54. The van der Waals surface area contributed by atoms with Gasteiger partial charge in [0.05, 0.1) is 23.6 Å². The smallest absolute Gasteiger partial charge is 0.339 e. The number of esters is 1. The molecule has 1 aromatic carbocycles. The number of aryl methyl sites for hydroxylation is 1. The lowest BCUT2D eigenvalue weighted by molar-refractivity contribution is -0.133. The second-order valence-electron chi connectivity index (χ2n) is 7.08. The predicted octanol–water partition coefficient (Wildman–Crippen LogP) is 2.89. The van der Waals surface area contributed by atoms with Crippen molar-refractivity contribution < 1.29 is 14.3 Å². The lowest BCUT2D eigenvalue weighted by Gasteiger charge is -2.24. The van der Waals surface area contributed by atoms with Crippen molar-refractivity contribution in [3.8, 4) is 6.07 Å². The molecular formula is C21H23N3O3. The Hall–Kier alpha value is -2.94. The maximum absolute atomic E-state index is 12.9. The second-order valence-corrected chi connectivity index (χ2v) is 7.08. The molecule has 0 radical (unpaired) electrons. The molecule has 0 unspecified atom stereocenters. The molecule has 0 saturated carbocycles. The zero-order valence-electron chi connectivity index (χ0n) is 15.7. The highest BCUT2D eigenvalue weighted by molar-refractivity contribution is 6.05. The van der Waals surface area contributed by atoms with E-state index in [1.54, 1.807) is 7.05 Å². The predicted molar refractivity (Wildman–Crippen MR) is 101 cm³/mol. The third-order valence-corrected chi connectivity index (χ3v) is 5.02. The highest BCUT2D eigenvalue weighted by Gasteiger charge is 2.26. The van der Waals surface area contributed by atoms with Crippen LogP contribution in [0.5, 0.6) is 0 Å². The van der Waals surface area contributed by atoms with Gasteiger partial charge in [0, 0.05) is 24.7 Å². The Kier molecular flexibility index (Phi) is 5.70. The highest BCUT2D eigenvalue weighted by atomic mass is 16.5. The Balaban J connectivity index is 1.87. The van der Waals surface area contributed by atoms with Gasteiger partial charge in [0.1, 0.15) is 0 Å². The first-order chi connectivity index (χ1) is 13.0. The Morgan fingerprint density at radius 3 is 2.93 bits per heavy atom. The van der Waals surface area contributed by atoms with Gasteiger partial charge in [-0.15, -0.1) is 0 Å². The maximum Gasteiger partial charge on any atom is 0.339 e. The monoisotopic (exact) mass is 365 g/mol. The molecule has 0 aliphatic heterocycles. The normalized spacial score (nSPS) is 15.7. The van der Waals surface area contributed by atoms with Crippen molar-refractivity contribution in [1.29, 1.82) is 5.26 Å². The van der Waals surface area contributed by atoms with Crippen LogP contribution in [0.25, 0.3) is 10.9 Å². The number of pyridine rings is 1. The van der Waals surface area contributed by atoms with E-state index >= 15 is 0 Å². The van der Waals surface area contributed by atoms with E-state index in [0.29, 0.717) is 18.0 Å². The summed E-state index contributed by atoms with van der Waals surface area (Å²) in [6.07, 6.45) is 2.93. The molecule has 0 N–H and O–H groups in total. The SMILES string of the molecule is C[C@@H]1CCc2nc3ccccc3c(C(=O)OCC(=O)N(C)CCC#N)c2C1. The van der Waals surface area contributed by atoms with E-state index in [2.05, 4.69) is 6.92 Å². The molecule has 1 aliphatic rings. The van der Waals surface area contributed by atoms with Crippen molar-refractivity contribution in [2.24, 2.45) is 5.92 Å². The fourth-order valence-electron chi connectivity index (χ4n) is 3.45. The van der Waals surface area contributed by atoms with Crippen LogP contribution in [0.1, 0.15) is 41.4 Å². The summed E-state index contributed by atoms with van der Waals surface area (Å²) in [5.41, 5.74) is 3.21. The van der Waals surface area contributed by atoms with Crippen molar-refractivity contribution in [2.45, 2.75) is 32.6 Å². The summed E-state index contributed by atoms with van der Waals surface area (Å²) >= 11 is 0. The number of nitriles is 1. The maximum atomic E-state index is 12.9. The minimum absolute atomic E-state index is 0.247. The Bertz CT molecular complexity index is 917. The molecule has 1 atom stereocenters. The van der Waals surface area contributed by atoms with Crippen molar-refractivity contribution >= 4 is 22.8 Å². The van der Waals surface area contributed by atoms with E-state index in [-0.39, 0.29) is 18.9 Å². The quantitative estimate of drug-likeness (QED) is 0.761. The number of amides is 1. The molecule has 3 rings (SSSR count). The molecule has 0 spiro atoms. The van der Waals surface area contributed by atoms with Crippen LogP contribution in [-0.4, -0.2) is 42.0 Å². The largest absolute Gasteiger partial charge is 0.452 e. The summed E-state index contributed by atoms with van der Waals surface area (Å²) in [7, 11) is 1.60. The number of carbonyl (C=O) groups excluding carboxylic acids is 2. The van der Waals surface area contributed by atoms with Crippen LogP contribution in [-0.2, 0) is 22.4 Å². The van der Waals surface area contributed by atoms with Gasteiger partial charge in [-0.3, -0.25) is 9.78 Å². The molecule has 6 heteroatoms. The number of hydrogen-bond donors (Lipinski definition) is 0. The van der Waals surface area contributed by atoms with Crippen LogP contribution in [0.3, 0.4) is 0 Å². The highest BCUT2D eigenvalue weighted by Crippen LogP contribution is 2.31. The number of hydrogen-bond acceptors (Lipinski definition) is 5. The summed E-state index contributed by atoms with van der Waals surface area (Å²) < 4.78 is 5.36. The zero-order valence-corrected chi connectivity index (χ0v) is 15.7. The molecule has 0 bridgehead atoms. The van der Waals surface area contributed by atoms with Crippen LogP contribution >= 0.6 is 0 Å². The number of fused-ring (bicyclic) bond motifs is 2. The molecule has 6 nitrogen and oxygen atoms in total. The first kappa shape index (κ1) is 18.8. The van der Waals surface area contributed by atoms with E-state index < -0.39 is 5.97 Å². The van der Waals surface area contributed by atoms with Gasteiger partial charge in [-0.25, -0.2) is 4.79 Å². The molecule has 1 aliphatic carbocycles. The van der Waals surface area contributed by atoms with Gasteiger partial charge in [0.25, 0.3) is 5.91 Å². The third-order valence-electron chi connectivity index (χ3n) is 5.02. The average molecular weight is 365 g/mol. The van der Waals surface area contributed by atoms with E-state index in [9.17, 15) is 9.59 Å². The van der Waals surface area contributed by atoms with Crippen molar-refractivity contribution in [3.63, 3.8) is 0 Å². The first-order valence-corrected chi connectivity index (χ1v) is 9.19. The molecule has 27 heavy (non-hydrogen) atoms. The molecule has 1 aromatic heterocycles. The van der Waals surface area contributed by atoms with E-state index in [4.69, 9.17) is 15.0 Å². The summed E-state index contributed by atoms with van der Waals surface area (Å²) in [5, 5.41) is 9.38. The lowest BCUT2D eigenvalue weighted by Crippen LogP contribution is -2.32. The fraction of sp³-hybridized carbons (Fsp3) is 0.429. The molecule has 1 heterocycles. The molecule has 0 saturated heterocycles. The van der Waals surface area contributed by atoms with Crippen molar-refractivity contribution in [1.82, 2.24) is 9.88 Å². The Labute approximate surface area is 158 Å². The standard InChI is InChI=1S/C21H23N3O3/c1-14-8-9-18-16(12-14)20(15-6-3-4-7-17(15)23-18)21(26)27-13-19(25)24(2)11-5-10-22/h3-4,6-7,14H,5,8-9,11-13H2,1-2H3/t14-/m1/s1. The second kappa shape index (κ2) is 8.17. The van der Waals surface area contributed by atoms with Crippen molar-refractivity contribution in [3.05, 3.63) is 41.1 Å². The third kappa shape index (κ3) is 4.08. The minimum Gasteiger partial charge on any atom is -0.452 e. The lowest BCUT2D eigenvalue weighted by atomic mass is 9.84. The molecular weight excluding hydrogens is 342 g/mol. The summed E-state index contributed by atoms with van der Waals surface area (Å²) in [4.78, 5) is 31.2. The molecule has 2 aromatic rings. The topological polar surface area (TPSA) is 83.3 Å². The van der Waals surface area contributed by atoms with Crippen molar-refractivity contribution in [2.75, 3.05) is 20.2 Å². The van der Waals surface area contributed by atoms with E-state index in [1.807, 2.05) is 30.3 Å². The van der Waals surface area contributed by atoms with Crippen LogP contribution in [0.15, 0.2) is 24.3 Å². The fourth-order valence-corrected chi connectivity index (χ4v) is 3.45. The van der Waals surface area contributed by atoms with Gasteiger partial charge < -0.3 is 9.64 Å². The van der Waals surface area contributed by atoms with Gasteiger partial charge >= 0.3 is 5.97 Å². The zero-order chi connectivity index (χ0) is 19.4. The number of para-hydroxylation sites is 1. The molecule has 0 fully saturated rings. The van der Waals surface area contributed by atoms with Crippen LogP contribution in [0, 0.1) is 17.2 Å². The number of ether oxygens (including phenoxy) is 1. The van der Waals surface area contributed by atoms with E-state index in [0.717, 1.165) is 41.4 Å². The van der Waals surface area contributed by atoms with Gasteiger partial charge in [-0.05, 0) is 36.8 Å². The number of carbonyl (C=O) groups is 2. The van der Waals surface area contributed by atoms with Crippen LogP contribution in [0.4, 0.5) is 0 Å². The molecule has 1 amide bonds. The Morgan fingerprint density at radius 1 is 1.37 bits per heavy atom. The number of rotatable bonds is 5. The first-order valence-electron chi connectivity index (χ1n) is 9.19. The van der Waals surface area contributed by atoms with Crippen LogP contribution in [0.2, 0.25) is 0 Å². The van der Waals surface area contributed by atoms with E-state index in [1.165, 1.54) is 4.90 Å². The summed E-state index contributed by atoms with van der Waals surface area (Å²) in [5.74, 6) is -0.328. The summed E-state index contributed by atoms with van der Waals surface area (Å²) in [6.45, 7) is 2.15. The van der Waals surface area contributed by atoms with Gasteiger partial charge in [0.15, 0.2) is 6.61 Å². The number of benzene rings is 1. The Morgan fingerprint density at radius 2 is 2.15 bits per heavy atom. The molecule has 140 valence electrons. The minimum atomic E-state index is -0.485. The van der Waals surface area contributed by atoms with Gasteiger partial charge in [-0.1, -0.05) is 25.1 Å². The van der Waals surface area contributed by atoms with Crippen LogP contribution < -0.4 is 0 Å². The average Bonchev–Trinajstić information content (AvgIpc) is 2.68.